The Hall–Kier alpha value is -2.08. The summed E-state index contributed by atoms with van der Waals surface area (Å²) < 4.78 is 13.6. The minimum atomic E-state index is -0.419. The number of carbonyl (C=O) groups is 1. The first-order chi connectivity index (χ1) is 9.45. The summed E-state index contributed by atoms with van der Waals surface area (Å²) >= 11 is 3.08. The minimum absolute atomic E-state index is 0.294. The van der Waals surface area contributed by atoms with E-state index >= 15 is 0 Å². The van der Waals surface area contributed by atoms with Crippen LogP contribution in [0.1, 0.15) is 5.56 Å². The molecule has 2 aromatic rings. The summed E-state index contributed by atoms with van der Waals surface area (Å²) in [5.74, 6) is -0.371. The molecule has 4 N–H and O–H groups in total. The third kappa shape index (κ3) is 3.48. The van der Waals surface area contributed by atoms with E-state index in [9.17, 15) is 9.18 Å². The topological polar surface area (TPSA) is 67.2 Å². The van der Waals surface area contributed by atoms with Gasteiger partial charge in [-0.05, 0) is 58.7 Å². The Morgan fingerprint density at radius 1 is 1.25 bits per heavy atom. The van der Waals surface area contributed by atoms with Gasteiger partial charge in [-0.2, -0.15) is 0 Å². The van der Waals surface area contributed by atoms with Crippen LogP contribution in [-0.4, -0.2) is 6.03 Å². The zero-order chi connectivity index (χ0) is 14.7. The number of rotatable bonds is 2. The van der Waals surface area contributed by atoms with Crippen molar-refractivity contribution < 1.29 is 9.18 Å². The number of hydrogen-bond acceptors (Lipinski definition) is 2. The lowest BCUT2D eigenvalue weighted by Gasteiger charge is -2.11. The van der Waals surface area contributed by atoms with Crippen molar-refractivity contribution in [2.24, 2.45) is 0 Å². The number of anilines is 3. The van der Waals surface area contributed by atoms with E-state index in [1.54, 1.807) is 31.2 Å². The van der Waals surface area contributed by atoms with Gasteiger partial charge in [0, 0.05) is 17.1 Å². The van der Waals surface area contributed by atoms with E-state index in [0.717, 1.165) is 0 Å². The maximum absolute atomic E-state index is 13.3. The standard InChI is InChI=1S/C14H13BrFN3O/c1-8-5-12(16)11(15)7-13(8)19-14(20)18-10-4-2-3-9(17)6-10/h2-7H,17H2,1H3,(H2,18,19,20). The second-order valence-corrected chi connectivity index (χ2v) is 5.14. The second-order valence-electron chi connectivity index (χ2n) is 4.29. The van der Waals surface area contributed by atoms with E-state index in [4.69, 9.17) is 5.73 Å². The number of nitrogens with two attached hydrogens (primary N) is 1. The Morgan fingerprint density at radius 3 is 2.70 bits per heavy atom. The summed E-state index contributed by atoms with van der Waals surface area (Å²) in [7, 11) is 0. The summed E-state index contributed by atoms with van der Waals surface area (Å²) in [6.07, 6.45) is 0. The molecule has 0 atom stereocenters. The van der Waals surface area contributed by atoms with Gasteiger partial charge < -0.3 is 16.4 Å². The quantitative estimate of drug-likeness (QED) is 0.721. The zero-order valence-electron chi connectivity index (χ0n) is 10.7. The Morgan fingerprint density at radius 2 is 2.00 bits per heavy atom. The number of hydrogen-bond donors (Lipinski definition) is 3. The van der Waals surface area contributed by atoms with Crippen LogP contribution in [0.2, 0.25) is 0 Å². The van der Waals surface area contributed by atoms with E-state index in [-0.39, 0.29) is 5.82 Å². The second kappa shape index (κ2) is 5.92. The fourth-order valence-corrected chi connectivity index (χ4v) is 2.03. The molecule has 4 nitrogen and oxygen atoms in total. The van der Waals surface area contributed by atoms with E-state index in [0.29, 0.717) is 27.1 Å². The molecule has 2 aromatic carbocycles. The molecule has 0 spiro atoms. The van der Waals surface area contributed by atoms with Crippen molar-refractivity contribution in [2.45, 2.75) is 6.92 Å². The van der Waals surface area contributed by atoms with Crippen molar-refractivity contribution in [1.29, 1.82) is 0 Å². The lowest BCUT2D eigenvalue weighted by Crippen LogP contribution is -2.20. The molecule has 0 aromatic heterocycles. The summed E-state index contributed by atoms with van der Waals surface area (Å²) in [4.78, 5) is 11.9. The van der Waals surface area contributed by atoms with Crippen LogP contribution in [0.15, 0.2) is 40.9 Å². The average molecular weight is 338 g/mol. The van der Waals surface area contributed by atoms with Gasteiger partial charge in [0.1, 0.15) is 5.82 Å². The van der Waals surface area contributed by atoms with Gasteiger partial charge >= 0.3 is 6.03 Å². The highest BCUT2D eigenvalue weighted by Gasteiger charge is 2.08. The number of nitrogen functional groups attached to an aromatic ring is 1. The van der Waals surface area contributed by atoms with Gasteiger partial charge in [-0.15, -0.1) is 0 Å². The van der Waals surface area contributed by atoms with E-state index < -0.39 is 6.03 Å². The first-order valence-electron chi connectivity index (χ1n) is 5.85. The van der Waals surface area contributed by atoms with Crippen LogP contribution >= 0.6 is 15.9 Å². The molecule has 0 saturated carbocycles. The van der Waals surface area contributed by atoms with Crippen LogP contribution in [0.4, 0.5) is 26.2 Å². The van der Waals surface area contributed by atoms with Crippen molar-refractivity contribution >= 4 is 39.0 Å². The van der Waals surface area contributed by atoms with Crippen molar-refractivity contribution in [1.82, 2.24) is 0 Å². The molecule has 20 heavy (non-hydrogen) atoms. The van der Waals surface area contributed by atoms with Crippen LogP contribution < -0.4 is 16.4 Å². The van der Waals surface area contributed by atoms with Crippen molar-refractivity contribution in [3.05, 3.63) is 52.3 Å². The largest absolute Gasteiger partial charge is 0.399 e. The Balaban J connectivity index is 2.10. The minimum Gasteiger partial charge on any atom is -0.399 e. The monoisotopic (exact) mass is 337 g/mol. The number of amides is 2. The molecular formula is C14H13BrFN3O. The third-order valence-corrected chi connectivity index (χ3v) is 3.27. The maximum atomic E-state index is 13.3. The van der Waals surface area contributed by atoms with E-state index in [1.807, 2.05) is 0 Å². The number of halogens is 2. The summed E-state index contributed by atoms with van der Waals surface area (Å²) in [6, 6.07) is 9.28. The molecule has 2 amide bonds. The highest BCUT2D eigenvalue weighted by atomic mass is 79.9. The lowest BCUT2D eigenvalue weighted by atomic mass is 10.2. The van der Waals surface area contributed by atoms with Gasteiger partial charge in [-0.1, -0.05) is 6.07 Å². The molecule has 104 valence electrons. The van der Waals surface area contributed by atoms with Crippen molar-refractivity contribution in [2.75, 3.05) is 16.4 Å². The van der Waals surface area contributed by atoms with Gasteiger partial charge in [-0.25, -0.2) is 9.18 Å². The van der Waals surface area contributed by atoms with Gasteiger partial charge in [0.25, 0.3) is 0 Å². The fourth-order valence-electron chi connectivity index (χ4n) is 1.68. The van der Waals surface area contributed by atoms with Crippen molar-refractivity contribution in [3.8, 4) is 0 Å². The van der Waals surface area contributed by atoms with E-state index in [2.05, 4.69) is 26.6 Å². The highest BCUT2D eigenvalue weighted by molar-refractivity contribution is 9.10. The predicted molar refractivity (Wildman–Crippen MR) is 82.3 cm³/mol. The van der Waals surface area contributed by atoms with Crippen LogP contribution in [-0.2, 0) is 0 Å². The summed E-state index contributed by atoms with van der Waals surface area (Å²) in [5, 5.41) is 5.31. The smallest absolute Gasteiger partial charge is 0.323 e. The van der Waals surface area contributed by atoms with Gasteiger partial charge in [0.05, 0.1) is 4.47 Å². The molecule has 6 heteroatoms. The molecule has 0 aliphatic rings. The van der Waals surface area contributed by atoms with E-state index in [1.165, 1.54) is 12.1 Å². The summed E-state index contributed by atoms with van der Waals surface area (Å²) in [6.45, 7) is 1.71. The first kappa shape index (κ1) is 14.3. The SMILES string of the molecule is Cc1cc(F)c(Br)cc1NC(=O)Nc1cccc(N)c1. The molecular weight excluding hydrogens is 325 g/mol. The Kier molecular flexibility index (Phi) is 4.24. The Bertz CT molecular complexity index is 661. The summed E-state index contributed by atoms with van der Waals surface area (Å²) in [5.41, 5.74) is 7.93. The molecule has 0 fully saturated rings. The number of urea groups is 1. The lowest BCUT2D eigenvalue weighted by molar-refractivity contribution is 0.262. The molecule has 0 aliphatic heterocycles. The highest BCUT2D eigenvalue weighted by Crippen LogP contribution is 2.24. The maximum Gasteiger partial charge on any atom is 0.323 e. The van der Waals surface area contributed by atoms with Crippen LogP contribution in [0.25, 0.3) is 0 Å². The molecule has 0 heterocycles. The van der Waals surface area contributed by atoms with Crippen LogP contribution in [0.3, 0.4) is 0 Å². The number of benzene rings is 2. The average Bonchev–Trinajstić information content (AvgIpc) is 2.36. The third-order valence-electron chi connectivity index (χ3n) is 2.66. The zero-order valence-corrected chi connectivity index (χ0v) is 12.3. The van der Waals surface area contributed by atoms with Crippen molar-refractivity contribution in [3.63, 3.8) is 0 Å². The number of aryl methyl sites for hydroxylation is 1. The molecule has 0 radical (unpaired) electrons. The number of nitrogens with one attached hydrogen (secondary N) is 2. The predicted octanol–water partition coefficient (Wildman–Crippen LogP) is 4.12. The molecule has 0 bridgehead atoms. The Labute approximate surface area is 124 Å². The molecule has 0 unspecified atom stereocenters. The van der Waals surface area contributed by atoms with Gasteiger partial charge in [0.2, 0.25) is 0 Å². The molecule has 0 saturated heterocycles. The van der Waals surface area contributed by atoms with Gasteiger partial charge in [0.15, 0.2) is 0 Å². The molecule has 2 rings (SSSR count). The first-order valence-corrected chi connectivity index (χ1v) is 6.64. The number of carbonyl (C=O) groups excluding carboxylic acids is 1. The molecule has 0 aliphatic carbocycles. The normalized spacial score (nSPS) is 10.2. The van der Waals surface area contributed by atoms with Crippen LogP contribution in [0, 0.1) is 12.7 Å². The van der Waals surface area contributed by atoms with Crippen LogP contribution in [0.5, 0.6) is 0 Å². The van der Waals surface area contributed by atoms with Gasteiger partial charge in [-0.3, -0.25) is 0 Å². The fraction of sp³-hybridized carbons (Fsp3) is 0.0714.